The molecular formula is C19H26N4O4. The van der Waals surface area contributed by atoms with E-state index in [-0.39, 0.29) is 23.1 Å². The van der Waals surface area contributed by atoms with Gasteiger partial charge in [-0.1, -0.05) is 0 Å². The number of carbonyl (C=O) groups is 3. The van der Waals surface area contributed by atoms with Crippen LogP contribution in [0.4, 0.5) is 0 Å². The van der Waals surface area contributed by atoms with Crippen LogP contribution in [-0.2, 0) is 16.1 Å². The molecule has 0 radical (unpaired) electrons. The third-order valence-electron chi connectivity index (χ3n) is 6.35. The summed E-state index contributed by atoms with van der Waals surface area (Å²) in [5.74, 6) is -0.770. The molecule has 2 aliphatic heterocycles. The first kappa shape index (κ1) is 18.0. The number of carbonyl (C=O) groups excluding carboxylic acids is 2. The van der Waals surface area contributed by atoms with Gasteiger partial charge in [0.05, 0.1) is 0 Å². The number of carboxylic acid groups (broad SMARTS) is 1. The number of aryl methyl sites for hydroxylation is 1. The Balaban J connectivity index is 1.50. The van der Waals surface area contributed by atoms with E-state index in [1.54, 1.807) is 16.9 Å². The van der Waals surface area contributed by atoms with Gasteiger partial charge in [-0.25, -0.2) is 4.79 Å². The summed E-state index contributed by atoms with van der Waals surface area (Å²) in [6.45, 7) is 4.22. The molecule has 1 atom stereocenters. The quantitative estimate of drug-likeness (QED) is 0.855. The van der Waals surface area contributed by atoms with E-state index >= 15 is 0 Å². The first-order chi connectivity index (χ1) is 12.9. The standard InChI is InChI=1S/C19H26N4O4/c1-2-23-14(5-8-20-23)17(25)22-12-19(11-15(22)18(26)27)6-9-21(10-7-19)16(24)13-3-4-13/h5,8,13,15H,2-4,6-7,9-12H2,1H3,(H,26,27). The van der Waals surface area contributed by atoms with E-state index in [1.165, 1.54) is 4.90 Å². The number of carboxylic acids is 1. The number of hydrogen-bond donors (Lipinski definition) is 1. The van der Waals surface area contributed by atoms with E-state index < -0.39 is 12.0 Å². The molecule has 146 valence electrons. The zero-order valence-electron chi connectivity index (χ0n) is 15.6. The van der Waals surface area contributed by atoms with Crippen molar-refractivity contribution in [1.29, 1.82) is 0 Å². The summed E-state index contributed by atoms with van der Waals surface area (Å²) < 4.78 is 1.60. The van der Waals surface area contributed by atoms with Gasteiger partial charge in [-0.15, -0.1) is 0 Å². The van der Waals surface area contributed by atoms with Gasteiger partial charge in [0.1, 0.15) is 11.7 Å². The molecule has 1 N–H and O–H groups in total. The van der Waals surface area contributed by atoms with Gasteiger partial charge in [-0.3, -0.25) is 14.3 Å². The fourth-order valence-electron chi connectivity index (χ4n) is 4.56. The molecule has 3 aliphatic rings. The van der Waals surface area contributed by atoms with Gasteiger partial charge in [0.15, 0.2) is 0 Å². The van der Waals surface area contributed by atoms with Crippen LogP contribution in [0, 0.1) is 11.3 Å². The first-order valence-corrected chi connectivity index (χ1v) is 9.78. The minimum absolute atomic E-state index is 0.210. The lowest BCUT2D eigenvalue weighted by atomic mass is 9.76. The number of aliphatic carboxylic acids is 1. The van der Waals surface area contributed by atoms with Gasteiger partial charge in [-0.2, -0.15) is 5.10 Å². The normalized spacial score (nSPS) is 24.4. The Morgan fingerprint density at radius 1 is 1.26 bits per heavy atom. The molecule has 1 aliphatic carbocycles. The predicted octanol–water partition coefficient (Wildman–Crippen LogP) is 1.22. The Morgan fingerprint density at radius 2 is 1.96 bits per heavy atom. The Kier molecular flexibility index (Phi) is 4.44. The SMILES string of the molecule is CCn1nccc1C(=O)N1CC2(CCN(C(=O)C3CC3)CC2)CC1C(=O)O. The van der Waals surface area contributed by atoms with Crippen molar-refractivity contribution in [2.45, 2.75) is 51.6 Å². The summed E-state index contributed by atoms with van der Waals surface area (Å²) in [7, 11) is 0. The van der Waals surface area contributed by atoms with Crippen LogP contribution >= 0.6 is 0 Å². The zero-order valence-corrected chi connectivity index (χ0v) is 15.6. The molecule has 1 unspecified atom stereocenters. The highest BCUT2D eigenvalue weighted by atomic mass is 16.4. The van der Waals surface area contributed by atoms with E-state index in [1.807, 2.05) is 11.8 Å². The number of rotatable bonds is 4. The molecule has 1 aromatic rings. The second-order valence-corrected chi connectivity index (χ2v) is 8.12. The second kappa shape index (κ2) is 6.65. The number of nitrogens with zero attached hydrogens (tertiary/aromatic N) is 4. The van der Waals surface area contributed by atoms with Crippen molar-refractivity contribution in [3.8, 4) is 0 Å². The van der Waals surface area contributed by atoms with Crippen molar-refractivity contribution in [1.82, 2.24) is 19.6 Å². The van der Waals surface area contributed by atoms with Crippen LogP contribution in [0.1, 0.15) is 49.5 Å². The van der Waals surface area contributed by atoms with Crippen molar-refractivity contribution in [2.75, 3.05) is 19.6 Å². The topological polar surface area (TPSA) is 95.7 Å². The Morgan fingerprint density at radius 3 is 2.56 bits per heavy atom. The largest absolute Gasteiger partial charge is 0.480 e. The first-order valence-electron chi connectivity index (χ1n) is 9.78. The monoisotopic (exact) mass is 374 g/mol. The average molecular weight is 374 g/mol. The number of aromatic nitrogens is 2. The molecule has 1 saturated carbocycles. The lowest BCUT2D eigenvalue weighted by Crippen LogP contribution is -2.45. The third kappa shape index (κ3) is 3.21. The highest BCUT2D eigenvalue weighted by molar-refractivity contribution is 5.95. The van der Waals surface area contributed by atoms with Crippen molar-refractivity contribution in [3.05, 3.63) is 18.0 Å². The van der Waals surface area contributed by atoms with E-state index in [0.29, 0.717) is 38.3 Å². The van der Waals surface area contributed by atoms with Gasteiger partial charge < -0.3 is 14.9 Å². The maximum absolute atomic E-state index is 13.0. The van der Waals surface area contributed by atoms with Crippen LogP contribution in [0.15, 0.2) is 12.3 Å². The highest BCUT2D eigenvalue weighted by Gasteiger charge is 2.51. The van der Waals surface area contributed by atoms with Gasteiger partial charge in [-0.05, 0) is 50.5 Å². The molecule has 27 heavy (non-hydrogen) atoms. The smallest absolute Gasteiger partial charge is 0.326 e. The Labute approximate surface area is 158 Å². The summed E-state index contributed by atoms with van der Waals surface area (Å²) in [5, 5.41) is 13.8. The minimum Gasteiger partial charge on any atom is -0.480 e. The van der Waals surface area contributed by atoms with Crippen LogP contribution in [0.5, 0.6) is 0 Å². The molecule has 0 bridgehead atoms. The van der Waals surface area contributed by atoms with Crippen molar-refractivity contribution in [3.63, 3.8) is 0 Å². The molecule has 4 rings (SSSR count). The van der Waals surface area contributed by atoms with E-state index in [0.717, 1.165) is 25.7 Å². The Bertz CT molecular complexity index is 762. The van der Waals surface area contributed by atoms with Gasteiger partial charge in [0.25, 0.3) is 5.91 Å². The Hall–Kier alpha value is -2.38. The van der Waals surface area contributed by atoms with Crippen molar-refractivity contribution < 1.29 is 19.5 Å². The molecule has 2 saturated heterocycles. The van der Waals surface area contributed by atoms with E-state index in [9.17, 15) is 19.5 Å². The maximum atomic E-state index is 13.0. The molecular weight excluding hydrogens is 348 g/mol. The summed E-state index contributed by atoms with van der Waals surface area (Å²) in [6, 6.07) is 0.829. The van der Waals surface area contributed by atoms with Gasteiger partial charge in [0, 0.05) is 38.3 Å². The number of amides is 2. The summed E-state index contributed by atoms with van der Waals surface area (Å²) in [4.78, 5) is 40.6. The minimum atomic E-state index is -0.959. The summed E-state index contributed by atoms with van der Waals surface area (Å²) >= 11 is 0. The van der Waals surface area contributed by atoms with E-state index in [2.05, 4.69) is 5.10 Å². The molecule has 0 aromatic carbocycles. The van der Waals surface area contributed by atoms with Gasteiger partial charge in [0.2, 0.25) is 5.91 Å². The van der Waals surface area contributed by atoms with Crippen LogP contribution in [0.25, 0.3) is 0 Å². The molecule has 1 aromatic heterocycles. The average Bonchev–Trinajstić information content (AvgIpc) is 3.29. The molecule has 3 heterocycles. The second-order valence-electron chi connectivity index (χ2n) is 8.12. The van der Waals surface area contributed by atoms with Crippen molar-refractivity contribution >= 4 is 17.8 Å². The van der Waals surface area contributed by atoms with Crippen LogP contribution in [-0.4, -0.2) is 68.1 Å². The molecule has 3 fully saturated rings. The third-order valence-corrected chi connectivity index (χ3v) is 6.35. The zero-order chi connectivity index (χ0) is 19.2. The van der Waals surface area contributed by atoms with Crippen LogP contribution in [0.2, 0.25) is 0 Å². The van der Waals surface area contributed by atoms with Crippen LogP contribution < -0.4 is 0 Å². The summed E-state index contributed by atoms with van der Waals surface area (Å²) in [5.41, 5.74) is 0.220. The number of hydrogen-bond acceptors (Lipinski definition) is 4. The lowest BCUT2D eigenvalue weighted by molar-refractivity contribution is -0.141. The van der Waals surface area contributed by atoms with Crippen molar-refractivity contribution in [2.24, 2.45) is 11.3 Å². The molecule has 8 nitrogen and oxygen atoms in total. The molecule has 2 amide bonds. The van der Waals surface area contributed by atoms with Crippen LogP contribution in [0.3, 0.4) is 0 Å². The fraction of sp³-hybridized carbons (Fsp3) is 0.684. The van der Waals surface area contributed by atoms with E-state index in [4.69, 9.17) is 0 Å². The number of piperidine rings is 1. The fourth-order valence-corrected chi connectivity index (χ4v) is 4.56. The molecule has 8 heteroatoms. The predicted molar refractivity (Wildman–Crippen MR) is 95.9 cm³/mol. The molecule has 1 spiro atoms. The lowest BCUT2D eigenvalue weighted by Gasteiger charge is -2.39. The maximum Gasteiger partial charge on any atom is 0.326 e. The summed E-state index contributed by atoms with van der Waals surface area (Å²) in [6.07, 6.45) is 5.53. The highest BCUT2D eigenvalue weighted by Crippen LogP contribution is 2.44. The number of likely N-dealkylation sites (tertiary alicyclic amines) is 2. The van der Waals surface area contributed by atoms with Gasteiger partial charge >= 0.3 is 5.97 Å².